The standard InChI is InChI=1S/C8H11N3/c9-4-2-5-10-7-8-3-1-6-11-8/h1,3,6,10-11H,2,5,7H2. The fourth-order valence-electron chi connectivity index (χ4n) is 0.845. The molecular weight excluding hydrogens is 138 g/mol. The molecule has 1 aromatic rings. The average Bonchev–Trinajstić information content (AvgIpc) is 2.50. The minimum atomic E-state index is 0.570. The Morgan fingerprint density at radius 1 is 1.64 bits per heavy atom. The van der Waals surface area contributed by atoms with Gasteiger partial charge in [0.15, 0.2) is 0 Å². The number of nitrogens with zero attached hydrogens (tertiary/aromatic N) is 1. The van der Waals surface area contributed by atoms with E-state index in [4.69, 9.17) is 5.26 Å². The maximum Gasteiger partial charge on any atom is 0.0635 e. The third kappa shape index (κ3) is 2.87. The minimum Gasteiger partial charge on any atom is -0.364 e. The van der Waals surface area contributed by atoms with Crippen molar-refractivity contribution in [1.29, 1.82) is 5.26 Å². The molecule has 0 aliphatic carbocycles. The van der Waals surface area contributed by atoms with Gasteiger partial charge < -0.3 is 10.3 Å². The predicted molar refractivity (Wildman–Crippen MR) is 42.7 cm³/mol. The van der Waals surface area contributed by atoms with E-state index in [0.29, 0.717) is 6.42 Å². The van der Waals surface area contributed by atoms with Crippen molar-refractivity contribution in [2.75, 3.05) is 6.54 Å². The molecule has 1 rings (SSSR count). The molecule has 0 aromatic carbocycles. The maximum atomic E-state index is 8.23. The van der Waals surface area contributed by atoms with Gasteiger partial charge in [-0.15, -0.1) is 0 Å². The molecule has 0 amide bonds. The van der Waals surface area contributed by atoms with Crippen molar-refractivity contribution in [3.8, 4) is 6.07 Å². The lowest BCUT2D eigenvalue weighted by Crippen LogP contribution is -2.14. The number of aromatic nitrogens is 1. The van der Waals surface area contributed by atoms with Crippen LogP contribution in [0.15, 0.2) is 18.3 Å². The first-order chi connectivity index (χ1) is 5.43. The van der Waals surface area contributed by atoms with Crippen LogP contribution in [0.5, 0.6) is 0 Å². The summed E-state index contributed by atoms with van der Waals surface area (Å²) >= 11 is 0. The van der Waals surface area contributed by atoms with E-state index in [1.165, 1.54) is 0 Å². The zero-order valence-corrected chi connectivity index (χ0v) is 6.30. The molecule has 58 valence electrons. The number of aromatic amines is 1. The molecule has 0 aliphatic heterocycles. The molecule has 0 unspecified atom stereocenters. The maximum absolute atomic E-state index is 8.23. The first-order valence-electron chi connectivity index (χ1n) is 3.63. The normalized spacial score (nSPS) is 9.36. The number of nitrogens with one attached hydrogen (secondary N) is 2. The summed E-state index contributed by atoms with van der Waals surface area (Å²) in [5, 5.41) is 11.4. The van der Waals surface area contributed by atoms with Gasteiger partial charge in [-0.25, -0.2) is 0 Å². The smallest absolute Gasteiger partial charge is 0.0635 e. The molecule has 0 fully saturated rings. The molecule has 1 aromatic heterocycles. The fraction of sp³-hybridized carbons (Fsp3) is 0.375. The molecule has 0 bridgehead atoms. The Bertz CT molecular complexity index is 220. The molecule has 3 nitrogen and oxygen atoms in total. The summed E-state index contributed by atoms with van der Waals surface area (Å²) in [7, 11) is 0. The Morgan fingerprint density at radius 2 is 2.55 bits per heavy atom. The van der Waals surface area contributed by atoms with Crippen LogP contribution in [0, 0.1) is 11.3 Å². The van der Waals surface area contributed by atoms with Crippen LogP contribution >= 0.6 is 0 Å². The van der Waals surface area contributed by atoms with Crippen molar-refractivity contribution in [1.82, 2.24) is 10.3 Å². The van der Waals surface area contributed by atoms with Gasteiger partial charge in [0.1, 0.15) is 0 Å². The summed E-state index contributed by atoms with van der Waals surface area (Å²) in [5.41, 5.74) is 1.16. The minimum absolute atomic E-state index is 0.570. The summed E-state index contributed by atoms with van der Waals surface area (Å²) in [4.78, 5) is 3.07. The van der Waals surface area contributed by atoms with Gasteiger partial charge in [-0.2, -0.15) is 5.26 Å². The topological polar surface area (TPSA) is 51.6 Å². The summed E-state index contributed by atoms with van der Waals surface area (Å²) in [6.07, 6.45) is 2.46. The lowest BCUT2D eigenvalue weighted by Gasteiger charge is -1.97. The number of hydrogen-bond acceptors (Lipinski definition) is 2. The van der Waals surface area contributed by atoms with Crippen LogP contribution in [0.1, 0.15) is 12.1 Å². The molecule has 11 heavy (non-hydrogen) atoms. The number of rotatable bonds is 4. The monoisotopic (exact) mass is 149 g/mol. The second-order valence-corrected chi connectivity index (χ2v) is 2.28. The Hall–Kier alpha value is -1.27. The quantitative estimate of drug-likeness (QED) is 0.628. The van der Waals surface area contributed by atoms with Gasteiger partial charge in [-0.3, -0.25) is 0 Å². The third-order valence-electron chi connectivity index (χ3n) is 1.39. The van der Waals surface area contributed by atoms with E-state index in [1.807, 2.05) is 18.3 Å². The Balaban J connectivity index is 2.10. The summed E-state index contributed by atoms with van der Waals surface area (Å²) in [6, 6.07) is 6.05. The summed E-state index contributed by atoms with van der Waals surface area (Å²) in [6.45, 7) is 1.57. The molecule has 0 saturated carbocycles. The van der Waals surface area contributed by atoms with Gasteiger partial charge in [-0.1, -0.05) is 0 Å². The number of nitriles is 1. The van der Waals surface area contributed by atoms with E-state index >= 15 is 0 Å². The highest BCUT2D eigenvalue weighted by Gasteiger charge is 1.89. The second-order valence-electron chi connectivity index (χ2n) is 2.28. The van der Waals surface area contributed by atoms with Gasteiger partial charge in [-0.05, 0) is 12.1 Å². The van der Waals surface area contributed by atoms with E-state index in [9.17, 15) is 0 Å². The van der Waals surface area contributed by atoms with Gasteiger partial charge >= 0.3 is 0 Å². The predicted octanol–water partition coefficient (Wildman–Crippen LogP) is 1.02. The molecule has 0 atom stereocenters. The van der Waals surface area contributed by atoms with Gasteiger partial charge in [0.2, 0.25) is 0 Å². The molecule has 1 heterocycles. The Labute approximate surface area is 66.0 Å². The van der Waals surface area contributed by atoms with Gasteiger partial charge in [0.25, 0.3) is 0 Å². The zero-order valence-electron chi connectivity index (χ0n) is 6.30. The SMILES string of the molecule is N#CCCNCc1ccc[nH]1. The first-order valence-corrected chi connectivity index (χ1v) is 3.63. The number of hydrogen-bond donors (Lipinski definition) is 2. The van der Waals surface area contributed by atoms with Gasteiger partial charge in [0, 0.05) is 31.4 Å². The van der Waals surface area contributed by atoms with Crippen molar-refractivity contribution < 1.29 is 0 Å². The zero-order chi connectivity index (χ0) is 7.94. The molecule has 3 heteroatoms. The molecular formula is C8H11N3. The highest BCUT2D eigenvalue weighted by Crippen LogP contribution is 1.92. The summed E-state index contributed by atoms with van der Waals surface area (Å²) in [5.74, 6) is 0. The highest BCUT2D eigenvalue weighted by atomic mass is 14.9. The van der Waals surface area contributed by atoms with Crippen LogP contribution in [0.4, 0.5) is 0 Å². The first kappa shape index (κ1) is 7.83. The van der Waals surface area contributed by atoms with Crippen LogP contribution in [0.3, 0.4) is 0 Å². The van der Waals surface area contributed by atoms with Crippen molar-refractivity contribution in [2.45, 2.75) is 13.0 Å². The highest BCUT2D eigenvalue weighted by molar-refractivity contribution is 5.02. The third-order valence-corrected chi connectivity index (χ3v) is 1.39. The average molecular weight is 149 g/mol. The van der Waals surface area contributed by atoms with E-state index in [-0.39, 0.29) is 0 Å². The van der Waals surface area contributed by atoms with E-state index in [2.05, 4.69) is 16.4 Å². The number of H-pyrrole nitrogens is 1. The van der Waals surface area contributed by atoms with Crippen LogP contribution in [0.25, 0.3) is 0 Å². The summed E-state index contributed by atoms with van der Waals surface area (Å²) < 4.78 is 0. The molecule has 0 saturated heterocycles. The van der Waals surface area contributed by atoms with Crippen LogP contribution in [-0.4, -0.2) is 11.5 Å². The van der Waals surface area contributed by atoms with Crippen molar-refractivity contribution >= 4 is 0 Å². The van der Waals surface area contributed by atoms with Crippen LogP contribution in [0.2, 0.25) is 0 Å². The van der Waals surface area contributed by atoms with Crippen molar-refractivity contribution in [3.05, 3.63) is 24.0 Å². The lowest BCUT2D eigenvalue weighted by atomic mass is 10.4. The van der Waals surface area contributed by atoms with E-state index in [1.54, 1.807) is 0 Å². The largest absolute Gasteiger partial charge is 0.364 e. The van der Waals surface area contributed by atoms with Crippen molar-refractivity contribution in [2.24, 2.45) is 0 Å². The Morgan fingerprint density at radius 3 is 3.18 bits per heavy atom. The van der Waals surface area contributed by atoms with E-state index < -0.39 is 0 Å². The Kier molecular flexibility index (Phi) is 3.23. The molecule has 0 spiro atoms. The van der Waals surface area contributed by atoms with Crippen LogP contribution in [-0.2, 0) is 6.54 Å². The molecule has 0 radical (unpaired) electrons. The molecule has 0 aliphatic rings. The fourth-order valence-corrected chi connectivity index (χ4v) is 0.845. The van der Waals surface area contributed by atoms with Gasteiger partial charge in [0.05, 0.1) is 6.07 Å². The molecule has 2 N–H and O–H groups in total. The lowest BCUT2D eigenvalue weighted by molar-refractivity contribution is 0.688. The van der Waals surface area contributed by atoms with Crippen LogP contribution < -0.4 is 5.32 Å². The van der Waals surface area contributed by atoms with Crippen molar-refractivity contribution in [3.63, 3.8) is 0 Å². The second kappa shape index (κ2) is 4.53. The van der Waals surface area contributed by atoms with E-state index in [0.717, 1.165) is 18.8 Å².